The third-order valence-electron chi connectivity index (χ3n) is 5.01. The number of unbranched alkanes of at least 4 members (excludes halogenated alkanes) is 3. The monoisotopic (exact) mass is 392 g/mol. The van der Waals surface area contributed by atoms with Gasteiger partial charge in [-0.15, -0.1) is 0 Å². The number of hydrogen-bond donors (Lipinski definition) is 3. The first-order valence-electron chi connectivity index (χ1n) is 10.1. The molecule has 28 heavy (non-hydrogen) atoms. The summed E-state index contributed by atoms with van der Waals surface area (Å²) >= 11 is 0. The lowest BCUT2D eigenvalue weighted by Crippen LogP contribution is -2.32. The van der Waals surface area contributed by atoms with Gasteiger partial charge in [-0.25, -0.2) is 4.79 Å². The molecular weight excluding hydrogens is 360 g/mol. The van der Waals surface area contributed by atoms with Crippen molar-refractivity contribution in [3.05, 3.63) is 29.8 Å². The smallest absolute Gasteiger partial charge is 0.317 e. The van der Waals surface area contributed by atoms with Crippen LogP contribution in [-0.4, -0.2) is 59.0 Å². The molecule has 0 radical (unpaired) electrons. The molecule has 1 heterocycles. The number of nitrogens with one attached hydrogen (secondary N) is 1. The molecule has 1 aliphatic heterocycles. The Morgan fingerprint density at radius 2 is 2.04 bits per heavy atom. The van der Waals surface area contributed by atoms with Crippen molar-refractivity contribution in [1.29, 1.82) is 0 Å². The second-order valence-corrected chi connectivity index (χ2v) is 7.46. The SMILES string of the molecule is Cc1ccccc1OCC(O)CCN1CC(CCCCCCC(=O)O)NC1=O. The number of aliphatic carboxylic acids is 1. The van der Waals surface area contributed by atoms with E-state index < -0.39 is 12.1 Å². The second-order valence-electron chi connectivity index (χ2n) is 7.46. The molecule has 1 saturated heterocycles. The van der Waals surface area contributed by atoms with Crippen LogP contribution in [-0.2, 0) is 4.79 Å². The number of carboxylic acids is 1. The molecule has 0 saturated carbocycles. The molecule has 1 aromatic rings. The molecule has 0 aromatic heterocycles. The van der Waals surface area contributed by atoms with Crippen LogP contribution in [0.5, 0.6) is 5.75 Å². The highest BCUT2D eigenvalue weighted by Gasteiger charge is 2.28. The lowest BCUT2D eigenvalue weighted by atomic mass is 10.1. The predicted octanol–water partition coefficient (Wildman–Crippen LogP) is 2.94. The Kier molecular flexibility index (Phi) is 9.07. The van der Waals surface area contributed by atoms with E-state index in [0.717, 1.165) is 37.0 Å². The number of ether oxygens (including phenoxy) is 1. The van der Waals surface area contributed by atoms with E-state index in [1.54, 1.807) is 4.90 Å². The number of hydrogen-bond acceptors (Lipinski definition) is 4. The zero-order valence-corrected chi connectivity index (χ0v) is 16.6. The van der Waals surface area contributed by atoms with Gasteiger partial charge in [0.15, 0.2) is 0 Å². The summed E-state index contributed by atoms with van der Waals surface area (Å²) in [6.07, 6.45) is 4.55. The van der Waals surface area contributed by atoms with Crippen LogP contribution in [0.3, 0.4) is 0 Å². The number of carboxylic acid groups (broad SMARTS) is 1. The molecule has 2 amide bonds. The van der Waals surface area contributed by atoms with Gasteiger partial charge in [-0.3, -0.25) is 4.79 Å². The normalized spacial score (nSPS) is 17.4. The number of aliphatic hydroxyl groups is 1. The van der Waals surface area contributed by atoms with E-state index in [2.05, 4.69) is 5.32 Å². The Bertz CT molecular complexity index is 637. The predicted molar refractivity (Wildman–Crippen MR) is 107 cm³/mol. The van der Waals surface area contributed by atoms with Crippen LogP contribution in [0.2, 0.25) is 0 Å². The van der Waals surface area contributed by atoms with Crippen molar-refractivity contribution in [1.82, 2.24) is 10.2 Å². The molecule has 1 aliphatic rings. The molecule has 0 aliphatic carbocycles. The highest BCUT2D eigenvalue weighted by Crippen LogP contribution is 2.17. The van der Waals surface area contributed by atoms with Crippen molar-refractivity contribution in [2.24, 2.45) is 0 Å². The summed E-state index contributed by atoms with van der Waals surface area (Å²) in [5, 5.41) is 21.7. The summed E-state index contributed by atoms with van der Waals surface area (Å²) in [4.78, 5) is 24.3. The Balaban J connectivity index is 1.59. The van der Waals surface area contributed by atoms with Crippen molar-refractivity contribution in [3.63, 3.8) is 0 Å². The fourth-order valence-corrected chi connectivity index (χ4v) is 3.33. The van der Waals surface area contributed by atoms with E-state index in [1.807, 2.05) is 31.2 Å². The summed E-state index contributed by atoms with van der Waals surface area (Å²) in [6.45, 7) is 3.32. The van der Waals surface area contributed by atoms with Crippen LogP contribution >= 0.6 is 0 Å². The van der Waals surface area contributed by atoms with Crippen molar-refractivity contribution < 1.29 is 24.5 Å². The zero-order valence-electron chi connectivity index (χ0n) is 16.6. The first-order chi connectivity index (χ1) is 13.5. The van der Waals surface area contributed by atoms with Gasteiger partial charge in [0.1, 0.15) is 12.4 Å². The molecule has 7 nitrogen and oxygen atoms in total. The quantitative estimate of drug-likeness (QED) is 0.448. The summed E-state index contributed by atoms with van der Waals surface area (Å²) in [7, 11) is 0. The van der Waals surface area contributed by atoms with Crippen LogP contribution in [0.4, 0.5) is 4.79 Å². The van der Waals surface area contributed by atoms with Crippen molar-refractivity contribution in [2.45, 2.75) is 64.0 Å². The minimum Gasteiger partial charge on any atom is -0.491 e. The number of benzene rings is 1. The standard InChI is InChI=1S/C21H32N2O5/c1-16-8-6-7-10-19(16)28-15-18(24)12-13-23-14-17(22-21(23)27)9-4-2-3-5-11-20(25)26/h6-8,10,17-18,24H,2-5,9,11-15H2,1H3,(H,22,27)(H,25,26). The third kappa shape index (κ3) is 7.76. The molecule has 0 bridgehead atoms. The molecule has 0 spiro atoms. The molecule has 156 valence electrons. The molecule has 1 aromatic carbocycles. The van der Waals surface area contributed by atoms with Crippen molar-refractivity contribution in [2.75, 3.05) is 19.7 Å². The lowest BCUT2D eigenvalue weighted by Gasteiger charge is -2.18. The second kappa shape index (κ2) is 11.5. The maximum atomic E-state index is 12.1. The molecule has 7 heteroatoms. The van der Waals surface area contributed by atoms with E-state index in [-0.39, 0.29) is 25.1 Å². The number of carbonyl (C=O) groups is 2. The minimum absolute atomic E-state index is 0.0806. The number of aliphatic hydroxyl groups excluding tert-OH is 1. The molecule has 2 atom stereocenters. The van der Waals surface area contributed by atoms with Crippen molar-refractivity contribution in [3.8, 4) is 5.75 Å². The number of amides is 2. The number of para-hydroxylation sites is 1. The van der Waals surface area contributed by atoms with Crippen LogP contribution in [0.15, 0.2) is 24.3 Å². The molecule has 2 unspecified atom stereocenters. The molecule has 2 rings (SSSR count). The maximum Gasteiger partial charge on any atom is 0.317 e. The van der Waals surface area contributed by atoms with Gasteiger partial charge in [-0.2, -0.15) is 0 Å². The van der Waals surface area contributed by atoms with Gasteiger partial charge < -0.3 is 25.2 Å². The fraction of sp³-hybridized carbons (Fsp3) is 0.619. The number of carbonyl (C=O) groups excluding carboxylic acids is 1. The first-order valence-corrected chi connectivity index (χ1v) is 10.1. The fourth-order valence-electron chi connectivity index (χ4n) is 3.33. The van der Waals surface area contributed by atoms with E-state index in [1.165, 1.54) is 0 Å². The van der Waals surface area contributed by atoms with E-state index in [9.17, 15) is 14.7 Å². The van der Waals surface area contributed by atoms with Gasteiger partial charge in [-0.05, 0) is 37.8 Å². The van der Waals surface area contributed by atoms with Crippen LogP contribution in [0.1, 0.15) is 50.5 Å². The van der Waals surface area contributed by atoms with Crippen LogP contribution < -0.4 is 10.1 Å². The Morgan fingerprint density at radius 1 is 1.29 bits per heavy atom. The van der Waals surface area contributed by atoms with Gasteiger partial charge in [0.05, 0.1) is 6.10 Å². The number of rotatable bonds is 13. The van der Waals surface area contributed by atoms with Gasteiger partial charge in [-0.1, -0.05) is 37.5 Å². The van der Waals surface area contributed by atoms with Gasteiger partial charge in [0, 0.05) is 25.6 Å². The van der Waals surface area contributed by atoms with Gasteiger partial charge in [0.2, 0.25) is 0 Å². The molecule has 1 fully saturated rings. The van der Waals surface area contributed by atoms with Gasteiger partial charge in [0.25, 0.3) is 0 Å². The minimum atomic E-state index is -0.745. The number of aryl methyl sites for hydroxylation is 1. The van der Waals surface area contributed by atoms with E-state index in [4.69, 9.17) is 9.84 Å². The summed E-state index contributed by atoms with van der Waals surface area (Å²) in [5.41, 5.74) is 1.03. The zero-order chi connectivity index (χ0) is 20.4. The Hall–Kier alpha value is -2.28. The lowest BCUT2D eigenvalue weighted by molar-refractivity contribution is -0.137. The van der Waals surface area contributed by atoms with Crippen LogP contribution in [0.25, 0.3) is 0 Å². The van der Waals surface area contributed by atoms with E-state index >= 15 is 0 Å². The Labute approximate surface area is 166 Å². The van der Waals surface area contributed by atoms with Gasteiger partial charge >= 0.3 is 12.0 Å². The molecular formula is C21H32N2O5. The van der Waals surface area contributed by atoms with E-state index in [0.29, 0.717) is 25.9 Å². The summed E-state index contributed by atoms with van der Waals surface area (Å²) < 4.78 is 5.66. The highest BCUT2D eigenvalue weighted by molar-refractivity contribution is 5.76. The third-order valence-corrected chi connectivity index (χ3v) is 5.01. The topological polar surface area (TPSA) is 99.1 Å². The number of nitrogens with zero attached hydrogens (tertiary/aromatic N) is 1. The average Bonchev–Trinajstić information content (AvgIpc) is 3.01. The number of urea groups is 1. The average molecular weight is 392 g/mol. The van der Waals surface area contributed by atoms with Crippen molar-refractivity contribution >= 4 is 12.0 Å². The summed E-state index contributed by atoms with van der Waals surface area (Å²) in [6, 6.07) is 7.73. The maximum absolute atomic E-state index is 12.1. The Morgan fingerprint density at radius 3 is 2.79 bits per heavy atom. The van der Waals surface area contributed by atoms with Crippen LogP contribution in [0, 0.1) is 6.92 Å². The molecule has 3 N–H and O–H groups in total. The largest absolute Gasteiger partial charge is 0.491 e. The summed E-state index contributed by atoms with van der Waals surface area (Å²) in [5.74, 6) is 0.0223. The highest BCUT2D eigenvalue weighted by atomic mass is 16.5. The first kappa shape index (κ1) is 22.0.